The summed E-state index contributed by atoms with van der Waals surface area (Å²) in [7, 11) is 0. The summed E-state index contributed by atoms with van der Waals surface area (Å²) in [5.74, 6) is 2.69. The van der Waals surface area contributed by atoms with Crippen molar-refractivity contribution in [1.29, 1.82) is 0 Å². The SMILES string of the molecule is CCCNCCCc1ncc(C2CCCCC2)o1. The van der Waals surface area contributed by atoms with Gasteiger partial charge in [-0.15, -0.1) is 0 Å². The first kappa shape index (κ1) is 13.6. The number of oxazole rings is 1. The van der Waals surface area contributed by atoms with Gasteiger partial charge in [0.2, 0.25) is 0 Å². The lowest BCUT2D eigenvalue weighted by Crippen LogP contribution is -2.16. The van der Waals surface area contributed by atoms with Crippen molar-refractivity contribution in [1.82, 2.24) is 10.3 Å². The smallest absolute Gasteiger partial charge is 0.194 e. The van der Waals surface area contributed by atoms with Gasteiger partial charge in [-0.3, -0.25) is 0 Å². The maximum atomic E-state index is 5.89. The monoisotopic (exact) mass is 250 g/mol. The molecular formula is C15H26N2O. The molecule has 2 rings (SSSR count). The predicted octanol–water partition coefficient (Wildman–Crippen LogP) is 3.65. The molecule has 1 aromatic heterocycles. The summed E-state index contributed by atoms with van der Waals surface area (Å²) in [5.41, 5.74) is 0. The maximum Gasteiger partial charge on any atom is 0.194 e. The Bertz CT molecular complexity index is 329. The van der Waals surface area contributed by atoms with Crippen LogP contribution in [0.1, 0.15) is 69.4 Å². The molecule has 18 heavy (non-hydrogen) atoms. The van der Waals surface area contributed by atoms with Gasteiger partial charge in [0, 0.05) is 12.3 Å². The maximum absolute atomic E-state index is 5.89. The van der Waals surface area contributed by atoms with Gasteiger partial charge in [0.25, 0.3) is 0 Å². The second kappa shape index (κ2) is 7.57. The van der Waals surface area contributed by atoms with Crippen LogP contribution in [0.2, 0.25) is 0 Å². The molecule has 0 aliphatic heterocycles. The Hall–Kier alpha value is -0.830. The van der Waals surface area contributed by atoms with Gasteiger partial charge in [0.15, 0.2) is 5.89 Å². The van der Waals surface area contributed by atoms with Crippen LogP contribution in [-0.2, 0) is 6.42 Å². The molecule has 0 bridgehead atoms. The Morgan fingerprint density at radius 3 is 2.89 bits per heavy atom. The number of aryl methyl sites for hydroxylation is 1. The zero-order valence-corrected chi connectivity index (χ0v) is 11.6. The third kappa shape index (κ3) is 4.13. The van der Waals surface area contributed by atoms with Gasteiger partial charge in [0.05, 0.1) is 6.20 Å². The van der Waals surface area contributed by atoms with E-state index < -0.39 is 0 Å². The van der Waals surface area contributed by atoms with E-state index in [4.69, 9.17) is 4.42 Å². The van der Waals surface area contributed by atoms with E-state index in [1.54, 1.807) is 0 Å². The molecule has 1 heterocycles. The molecule has 102 valence electrons. The molecule has 1 aliphatic carbocycles. The second-order valence-electron chi connectivity index (χ2n) is 5.34. The molecule has 3 nitrogen and oxygen atoms in total. The van der Waals surface area contributed by atoms with Gasteiger partial charge in [-0.1, -0.05) is 26.2 Å². The highest BCUT2D eigenvalue weighted by Gasteiger charge is 2.19. The minimum atomic E-state index is 0.637. The Balaban J connectivity index is 1.72. The summed E-state index contributed by atoms with van der Waals surface area (Å²) in [4.78, 5) is 4.41. The Morgan fingerprint density at radius 2 is 2.11 bits per heavy atom. The molecule has 1 N–H and O–H groups in total. The lowest BCUT2D eigenvalue weighted by Gasteiger charge is -2.18. The number of aromatic nitrogens is 1. The van der Waals surface area contributed by atoms with Gasteiger partial charge in [-0.2, -0.15) is 0 Å². The summed E-state index contributed by atoms with van der Waals surface area (Å²) < 4.78 is 5.89. The molecule has 3 heteroatoms. The fourth-order valence-corrected chi connectivity index (χ4v) is 2.68. The molecule has 0 unspecified atom stereocenters. The van der Waals surface area contributed by atoms with Crippen molar-refractivity contribution in [2.75, 3.05) is 13.1 Å². The fourth-order valence-electron chi connectivity index (χ4n) is 2.68. The fraction of sp³-hybridized carbons (Fsp3) is 0.800. The van der Waals surface area contributed by atoms with Crippen molar-refractivity contribution in [3.8, 4) is 0 Å². The van der Waals surface area contributed by atoms with Crippen LogP contribution in [0.25, 0.3) is 0 Å². The van der Waals surface area contributed by atoms with Crippen LogP contribution >= 0.6 is 0 Å². The zero-order chi connectivity index (χ0) is 12.6. The highest BCUT2D eigenvalue weighted by molar-refractivity contribution is 5.03. The number of nitrogens with zero attached hydrogens (tertiary/aromatic N) is 1. The summed E-state index contributed by atoms with van der Waals surface area (Å²) >= 11 is 0. The summed E-state index contributed by atoms with van der Waals surface area (Å²) in [6, 6.07) is 0. The van der Waals surface area contributed by atoms with E-state index in [9.17, 15) is 0 Å². The van der Waals surface area contributed by atoms with Gasteiger partial charge in [-0.25, -0.2) is 4.98 Å². The first-order valence-corrected chi connectivity index (χ1v) is 7.55. The first-order chi connectivity index (χ1) is 8.90. The van der Waals surface area contributed by atoms with Gasteiger partial charge in [-0.05, 0) is 38.8 Å². The van der Waals surface area contributed by atoms with E-state index in [-0.39, 0.29) is 0 Å². The van der Waals surface area contributed by atoms with Crippen LogP contribution in [-0.4, -0.2) is 18.1 Å². The van der Waals surface area contributed by atoms with E-state index in [1.807, 2.05) is 6.20 Å². The molecule has 0 saturated heterocycles. The van der Waals surface area contributed by atoms with Crippen LogP contribution in [0.3, 0.4) is 0 Å². The van der Waals surface area contributed by atoms with Crippen molar-refractivity contribution >= 4 is 0 Å². The van der Waals surface area contributed by atoms with E-state index in [2.05, 4.69) is 17.2 Å². The molecule has 0 aromatic carbocycles. The van der Waals surface area contributed by atoms with Crippen molar-refractivity contribution < 1.29 is 4.42 Å². The molecule has 0 radical (unpaired) electrons. The molecule has 0 atom stereocenters. The standard InChI is InChI=1S/C15H26N2O/c1-2-10-16-11-6-9-15-17-12-14(18-15)13-7-4-3-5-8-13/h12-13,16H,2-11H2,1H3. The van der Waals surface area contributed by atoms with E-state index in [0.29, 0.717) is 5.92 Å². The molecule has 0 amide bonds. The van der Waals surface area contributed by atoms with Gasteiger partial charge in [0.1, 0.15) is 5.76 Å². The minimum Gasteiger partial charge on any atom is -0.445 e. The van der Waals surface area contributed by atoms with Crippen molar-refractivity contribution in [3.05, 3.63) is 17.8 Å². The number of hydrogen-bond acceptors (Lipinski definition) is 3. The highest BCUT2D eigenvalue weighted by atomic mass is 16.4. The van der Waals surface area contributed by atoms with E-state index >= 15 is 0 Å². The molecule has 1 aliphatic rings. The molecule has 1 aromatic rings. The van der Waals surface area contributed by atoms with E-state index in [0.717, 1.165) is 37.6 Å². The topological polar surface area (TPSA) is 38.1 Å². The van der Waals surface area contributed by atoms with Crippen LogP contribution in [0.5, 0.6) is 0 Å². The van der Waals surface area contributed by atoms with Crippen molar-refractivity contribution in [2.45, 2.75) is 64.2 Å². The first-order valence-electron chi connectivity index (χ1n) is 7.55. The third-order valence-corrected chi connectivity index (χ3v) is 3.75. The molecule has 0 spiro atoms. The molecular weight excluding hydrogens is 224 g/mol. The van der Waals surface area contributed by atoms with Gasteiger partial charge < -0.3 is 9.73 Å². The highest BCUT2D eigenvalue weighted by Crippen LogP contribution is 2.32. The zero-order valence-electron chi connectivity index (χ0n) is 11.6. The molecule has 1 saturated carbocycles. The largest absolute Gasteiger partial charge is 0.445 e. The van der Waals surface area contributed by atoms with Crippen molar-refractivity contribution in [2.24, 2.45) is 0 Å². The van der Waals surface area contributed by atoms with E-state index in [1.165, 1.54) is 38.5 Å². The second-order valence-corrected chi connectivity index (χ2v) is 5.34. The van der Waals surface area contributed by atoms with Crippen molar-refractivity contribution in [3.63, 3.8) is 0 Å². The van der Waals surface area contributed by atoms with Crippen LogP contribution in [0.15, 0.2) is 10.6 Å². The summed E-state index contributed by atoms with van der Waals surface area (Å²) in [5, 5.41) is 3.41. The van der Waals surface area contributed by atoms with Gasteiger partial charge >= 0.3 is 0 Å². The average molecular weight is 250 g/mol. The van der Waals surface area contributed by atoms with Crippen LogP contribution < -0.4 is 5.32 Å². The summed E-state index contributed by atoms with van der Waals surface area (Å²) in [6.07, 6.45) is 11.9. The normalized spacial score (nSPS) is 17.2. The Morgan fingerprint density at radius 1 is 1.28 bits per heavy atom. The number of hydrogen-bond donors (Lipinski definition) is 1. The lowest BCUT2D eigenvalue weighted by molar-refractivity contribution is 0.358. The number of nitrogens with one attached hydrogen (secondary N) is 1. The third-order valence-electron chi connectivity index (χ3n) is 3.75. The lowest BCUT2D eigenvalue weighted by atomic mass is 9.88. The molecule has 1 fully saturated rings. The Kier molecular flexibility index (Phi) is 5.72. The Labute approximate surface area is 110 Å². The average Bonchev–Trinajstić information content (AvgIpc) is 2.88. The predicted molar refractivity (Wildman–Crippen MR) is 73.8 cm³/mol. The minimum absolute atomic E-state index is 0.637. The number of rotatable bonds is 7. The van der Waals surface area contributed by atoms with Crippen LogP contribution in [0.4, 0.5) is 0 Å². The van der Waals surface area contributed by atoms with Crippen LogP contribution in [0, 0.1) is 0 Å². The summed E-state index contributed by atoms with van der Waals surface area (Å²) in [6.45, 7) is 4.37. The quantitative estimate of drug-likeness (QED) is 0.751.